The van der Waals surface area contributed by atoms with E-state index in [4.69, 9.17) is 9.84 Å². The molecule has 0 aromatic heterocycles. The SMILES string of the molecule is CNCCOCCOCO. The van der Waals surface area contributed by atoms with Crippen molar-refractivity contribution in [3.8, 4) is 0 Å². The first-order chi connectivity index (χ1) is 4.91. The number of aliphatic hydroxyl groups excluding tert-OH is 1. The zero-order chi connectivity index (χ0) is 7.66. The van der Waals surface area contributed by atoms with E-state index in [1.165, 1.54) is 0 Å². The molecular weight excluding hydrogens is 134 g/mol. The van der Waals surface area contributed by atoms with Gasteiger partial charge in [-0.3, -0.25) is 0 Å². The zero-order valence-corrected chi connectivity index (χ0v) is 6.30. The van der Waals surface area contributed by atoms with Crippen molar-refractivity contribution in [2.24, 2.45) is 0 Å². The topological polar surface area (TPSA) is 50.7 Å². The first-order valence-electron chi connectivity index (χ1n) is 3.32. The molecule has 0 heterocycles. The van der Waals surface area contributed by atoms with Crippen molar-refractivity contribution in [2.75, 3.05) is 40.2 Å². The normalized spacial score (nSPS) is 10.2. The van der Waals surface area contributed by atoms with E-state index < -0.39 is 0 Å². The number of ether oxygens (including phenoxy) is 2. The molecule has 0 fully saturated rings. The third-order valence-electron chi connectivity index (χ3n) is 0.960. The van der Waals surface area contributed by atoms with Gasteiger partial charge in [-0.15, -0.1) is 0 Å². The summed E-state index contributed by atoms with van der Waals surface area (Å²) >= 11 is 0. The Labute approximate surface area is 61.1 Å². The maximum absolute atomic E-state index is 8.18. The Hall–Kier alpha value is -0.160. The minimum atomic E-state index is -0.227. The fraction of sp³-hybridized carbons (Fsp3) is 1.00. The Morgan fingerprint density at radius 2 is 1.90 bits per heavy atom. The molecule has 0 rings (SSSR count). The van der Waals surface area contributed by atoms with Crippen LogP contribution >= 0.6 is 0 Å². The standard InChI is InChI=1S/C6H15NO3/c1-7-2-3-9-4-5-10-6-8/h7-8H,2-6H2,1H3. The highest BCUT2D eigenvalue weighted by molar-refractivity contribution is 4.35. The molecule has 0 aromatic rings. The largest absolute Gasteiger partial charge is 0.378 e. The van der Waals surface area contributed by atoms with Crippen molar-refractivity contribution in [3.63, 3.8) is 0 Å². The molecule has 0 aromatic carbocycles. The average Bonchev–Trinajstić information content (AvgIpc) is 1.97. The van der Waals surface area contributed by atoms with Crippen LogP contribution in [-0.2, 0) is 9.47 Å². The van der Waals surface area contributed by atoms with Crippen molar-refractivity contribution < 1.29 is 14.6 Å². The molecule has 10 heavy (non-hydrogen) atoms. The quantitative estimate of drug-likeness (QED) is 0.367. The third kappa shape index (κ3) is 7.84. The van der Waals surface area contributed by atoms with E-state index in [1.807, 2.05) is 7.05 Å². The van der Waals surface area contributed by atoms with Crippen LogP contribution in [-0.4, -0.2) is 45.3 Å². The molecule has 2 N–H and O–H groups in total. The summed E-state index contributed by atoms with van der Waals surface area (Å²) in [5.41, 5.74) is 0. The molecule has 0 spiro atoms. The summed E-state index contributed by atoms with van der Waals surface area (Å²) in [4.78, 5) is 0. The van der Waals surface area contributed by atoms with Gasteiger partial charge in [0.1, 0.15) is 6.79 Å². The van der Waals surface area contributed by atoms with Gasteiger partial charge in [0, 0.05) is 6.54 Å². The maximum Gasteiger partial charge on any atom is 0.143 e. The van der Waals surface area contributed by atoms with Crippen LogP contribution in [0.2, 0.25) is 0 Å². The lowest BCUT2D eigenvalue weighted by atomic mass is 10.7. The molecular formula is C6H15NO3. The lowest BCUT2D eigenvalue weighted by Gasteiger charge is -2.02. The molecule has 0 radical (unpaired) electrons. The van der Waals surface area contributed by atoms with Gasteiger partial charge in [-0.25, -0.2) is 0 Å². The van der Waals surface area contributed by atoms with Gasteiger partial charge < -0.3 is 19.9 Å². The molecule has 0 unspecified atom stereocenters. The molecule has 0 aliphatic heterocycles. The van der Waals surface area contributed by atoms with Crippen molar-refractivity contribution in [2.45, 2.75) is 0 Å². The molecule has 0 amide bonds. The monoisotopic (exact) mass is 149 g/mol. The van der Waals surface area contributed by atoms with Crippen molar-refractivity contribution in [1.29, 1.82) is 0 Å². The van der Waals surface area contributed by atoms with Gasteiger partial charge in [-0.1, -0.05) is 0 Å². The number of rotatable bonds is 7. The molecule has 0 saturated carbocycles. The van der Waals surface area contributed by atoms with Crippen LogP contribution in [0.3, 0.4) is 0 Å². The summed E-state index contributed by atoms with van der Waals surface area (Å²) in [5.74, 6) is 0. The minimum absolute atomic E-state index is 0.227. The van der Waals surface area contributed by atoms with Crippen LogP contribution in [0.15, 0.2) is 0 Å². The summed E-state index contributed by atoms with van der Waals surface area (Å²) in [6.07, 6.45) is 0. The Kier molecular flexibility index (Phi) is 8.70. The number of hydrogen-bond donors (Lipinski definition) is 2. The molecule has 4 heteroatoms. The smallest absolute Gasteiger partial charge is 0.143 e. The number of nitrogens with one attached hydrogen (secondary N) is 1. The second kappa shape index (κ2) is 8.84. The first kappa shape index (κ1) is 9.84. The first-order valence-corrected chi connectivity index (χ1v) is 3.32. The van der Waals surface area contributed by atoms with E-state index in [2.05, 4.69) is 10.1 Å². The van der Waals surface area contributed by atoms with Crippen molar-refractivity contribution >= 4 is 0 Å². The lowest BCUT2D eigenvalue weighted by Crippen LogP contribution is -2.16. The predicted octanol–water partition coefficient (Wildman–Crippen LogP) is -0.811. The van der Waals surface area contributed by atoms with E-state index >= 15 is 0 Å². The van der Waals surface area contributed by atoms with Crippen LogP contribution in [0.5, 0.6) is 0 Å². The summed E-state index contributed by atoms with van der Waals surface area (Å²) < 4.78 is 9.70. The van der Waals surface area contributed by atoms with Crippen LogP contribution in [0, 0.1) is 0 Å². The maximum atomic E-state index is 8.18. The Morgan fingerprint density at radius 1 is 1.20 bits per heavy atom. The fourth-order valence-electron chi connectivity index (χ4n) is 0.459. The molecule has 4 nitrogen and oxygen atoms in total. The molecule has 0 aliphatic carbocycles. The second-order valence-electron chi connectivity index (χ2n) is 1.75. The summed E-state index contributed by atoms with van der Waals surface area (Å²) in [6.45, 7) is 2.31. The van der Waals surface area contributed by atoms with Crippen LogP contribution in [0.1, 0.15) is 0 Å². The van der Waals surface area contributed by atoms with Gasteiger partial charge in [0.2, 0.25) is 0 Å². The highest BCUT2D eigenvalue weighted by Gasteiger charge is 1.85. The van der Waals surface area contributed by atoms with Gasteiger partial charge >= 0.3 is 0 Å². The van der Waals surface area contributed by atoms with E-state index in [9.17, 15) is 0 Å². The lowest BCUT2D eigenvalue weighted by molar-refractivity contribution is -0.0286. The van der Waals surface area contributed by atoms with Crippen LogP contribution in [0.25, 0.3) is 0 Å². The Balaban J connectivity index is 2.65. The van der Waals surface area contributed by atoms with Crippen LogP contribution in [0.4, 0.5) is 0 Å². The van der Waals surface area contributed by atoms with E-state index in [0.717, 1.165) is 6.54 Å². The van der Waals surface area contributed by atoms with Gasteiger partial charge in [0.25, 0.3) is 0 Å². The summed E-state index contributed by atoms with van der Waals surface area (Å²) in [5, 5.41) is 11.1. The van der Waals surface area contributed by atoms with Crippen molar-refractivity contribution in [3.05, 3.63) is 0 Å². The van der Waals surface area contributed by atoms with E-state index in [-0.39, 0.29) is 6.79 Å². The fourth-order valence-corrected chi connectivity index (χ4v) is 0.459. The zero-order valence-electron chi connectivity index (χ0n) is 6.30. The number of hydrogen-bond acceptors (Lipinski definition) is 4. The summed E-state index contributed by atoms with van der Waals surface area (Å²) in [6, 6.07) is 0. The number of aliphatic hydroxyl groups is 1. The van der Waals surface area contributed by atoms with Gasteiger partial charge in [-0.05, 0) is 7.05 Å². The van der Waals surface area contributed by atoms with Gasteiger partial charge in [0.15, 0.2) is 0 Å². The second-order valence-corrected chi connectivity index (χ2v) is 1.75. The molecule has 0 bridgehead atoms. The molecule has 0 atom stereocenters. The van der Waals surface area contributed by atoms with E-state index in [1.54, 1.807) is 0 Å². The Morgan fingerprint density at radius 3 is 2.50 bits per heavy atom. The Bertz CT molecular complexity index is 53.0. The predicted molar refractivity (Wildman–Crippen MR) is 37.8 cm³/mol. The highest BCUT2D eigenvalue weighted by Crippen LogP contribution is 1.75. The number of likely N-dealkylation sites (N-methyl/N-ethyl adjacent to an activating group) is 1. The van der Waals surface area contributed by atoms with Crippen LogP contribution < -0.4 is 5.32 Å². The molecule has 0 aliphatic rings. The molecule has 0 saturated heterocycles. The minimum Gasteiger partial charge on any atom is -0.378 e. The van der Waals surface area contributed by atoms with E-state index in [0.29, 0.717) is 19.8 Å². The van der Waals surface area contributed by atoms with Gasteiger partial charge in [0.05, 0.1) is 19.8 Å². The van der Waals surface area contributed by atoms with Crippen molar-refractivity contribution in [1.82, 2.24) is 5.32 Å². The highest BCUT2D eigenvalue weighted by atomic mass is 16.6. The van der Waals surface area contributed by atoms with Gasteiger partial charge in [-0.2, -0.15) is 0 Å². The average molecular weight is 149 g/mol. The summed E-state index contributed by atoms with van der Waals surface area (Å²) in [7, 11) is 1.87. The molecule has 62 valence electrons. The third-order valence-corrected chi connectivity index (χ3v) is 0.960.